The van der Waals surface area contributed by atoms with Crippen LogP contribution in [0.1, 0.15) is 32.0 Å². The first-order chi connectivity index (χ1) is 10.6. The van der Waals surface area contributed by atoms with Gasteiger partial charge in [-0.05, 0) is 12.5 Å². The second-order valence-corrected chi connectivity index (χ2v) is 5.79. The molecular formula is C17H24N4O. The Hall–Kier alpha value is -2.30. The van der Waals surface area contributed by atoms with E-state index in [4.69, 9.17) is 4.52 Å². The van der Waals surface area contributed by atoms with Crippen LogP contribution in [0.15, 0.2) is 52.2 Å². The first kappa shape index (κ1) is 16.1. The third kappa shape index (κ3) is 4.62. The first-order valence-corrected chi connectivity index (χ1v) is 7.59. The Morgan fingerprint density at radius 1 is 1.18 bits per heavy atom. The van der Waals surface area contributed by atoms with Crippen molar-refractivity contribution in [2.24, 2.45) is 4.99 Å². The van der Waals surface area contributed by atoms with Gasteiger partial charge in [-0.2, -0.15) is 0 Å². The molecule has 0 radical (unpaired) electrons. The van der Waals surface area contributed by atoms with E-state index in [1.54, 1.807) is 6.26 Å². The average Bonchev–Trinajstić information content (AvgIpc) is 3.04. The lowest BCUT2D eigenvalue weighted by Gasteiger charge is -2.26. The number of nitrogens with zero attached hydrogens (tertiary/aromatic N) is 2. The van der Waals surface area contributed by atoms with Gasteiger partial charge in [-0.3, -0.25) is 0 Å². The summed E-state index contributed by atoms with van der Waals surface area (Å²) in [5.74, 6) is 0.787. The molecule has 0 spiro atoms. The van der Waals surface area contributed by atoms with Crippen LogP contribution in [0.2, 0.25) is 0 Å². The van der Waals surface area contributed by atoms with E-state index in [0.717, 1.165) is 24.7 Å². The summed E-state index contributed by atoms with van der Waals surface area (Å²) in [4.78, 5) is 4.52. The van der Waals surface area contributed by atoms with Gasteiger partial charge >= 0.3 is 0 Å². The summed E-state index contributed by atoms with van der Waals surface area (Å²) in [7, 11) is 0. The van der Waals surface area contributed by atoms with Crippen molar-refractivity contribution in [3.63, 3.8) is 0 Å². The Bertz CT molecular complexity index is 576. The SMILES string of the molecule is CCNC(=NCc1ccon1)NCC(C)(C)c1ccccc1. The van der Waals surface area contributed by atoms with Crippen LogP contribution in [0.4, 0.5) is 0 Å². The zero-order chi connectivity index (χ0) is 15.8. The molecule has 0 saturated carbocycles. The molecular weight excluding hydrogens is 276 g/mol. The minimum atomic E-state index is 0.0192. The van der Waals surface area contributed by atoms with E-state index in [1.807, 2.05) is 12.1 Å². The minimum Gasteiger partial charge on any atom is -0.364 e. The predicted octanol–water partition coefficient (Wildman–Crippen LogP) is 2.71. The summed E-state index contributed by atoms with van der Waals surface area (Å²) in [5, 5.41) is 10.5. The zero-order valence-corrected chi connectivity index (χ0v) is 13.5. The highest BCUT2D eigenvalue weighted by Crippen LogP contribution is 2.21. The summed E-state index contributed by atoms with van der Waals surface area (Å²) in [6.45, 7) is 8.60. The number of aromatic nitrogens is 1. The van der Waals surface area contributed by atoms with Crippen molar-refractivity contribution in [2.75, 3.05) is 13.1 Å². The van der Waals surface area contributed by atoms with Crippen LogP contribution in [0, 0.1) is 0 Å². The molecule has 0 aliphatic rings. The molecule has 22 heavy (non-hydrogen) atoms. The van der Waals surface area contributed by atoms with Gasteiger partial charge in [-0.15, -0.1) is 0 Å². The molecule has 118 valence electrons. The maximum Gasteiger partial charge on any atom is 0.191 e. The Balaban J connectivity index is 1.97. The highest BCUT2D eigenvalue weighted by molar-refractivity contribution is 5.79. The lowest BCUT2D eigenvalue weighted by atomic mass is 9.85. The van der Waals surface area contributed by atoms with Crippen LogP contribution in [0.3, 0.4) is 0 Å². The molecule has 2 rings (SSSR count). The van der Waals surface area contributed by atoms with Crippen molar-refractivity contribution >= 4 is 5.96 Å². The number of benzene rings is 1. The highest BCUT2D eigenvalue weighted by atomic mass is 16.5. The number of aliphatic imine (C=N–C) groups is 1. The van der Waals surface area contributed by atoms with Gasteiger partial charge in [0.2, 0.25) is 0 Å². The first-order valence-electron chi connectivity index (χ1n) is 7.59. The molecule has 1 aromatic heterocycles. The Morgan fingerprint density at radius 3 is 2.59 bits per heavy atom. The van der Waals surface area contributed by atoms with E-state index in [0.29, 0.717) is 6.54 Å². The summed E-state index contributed by atoms with van der Waals surface area (Å²) in [6, 6.07) is 12.3. The van der Waals surface area contributed by atoms with Crippen molar-refractivity contribution in [1.82, 2.24) is 15.8 Å². The van der Waals surface area contributed by atoms with E-state index in [2.05, 4.69) is 65.8 Å². The predicted molar refractivity (Wildman–Crippen MR) is 88.8 cm³/mol. The smallest absolute Gasteiger partial charge is 0.191 e. The lowest BCUT2D eigenvalue weighted by Crippen LogP contribution is -2.43. The van der Waals surface area contributed by atoms with Gasteiger partial charge in [0.05, 0.1) is 6.54 Å². The third-order valence-electron chi connectivity index (χ3n) is 3.49. The molecule has 0 bridgehead atoms. The highest BCUT2D eigenvalue weighted by Gasteiger charge is 2.20. The van der Waals surface area contributed by atoms with Gasteiger partial charge in [0.25, 0.3) is 0 Å². The molecule has 0 saturated heterocycles. The number of hydrogen-bond acceptors (Lipinski definition) is 3. The van der Waals surface area contributed by atoms with Crippen LogP contribution < -0.4 is 10.6 Å². The molecule has 0 fully saturated rings. The van der Waals surface area contributed by atoms with E-state index in [-0.39, 0.29) is 5.41 Å². The van der Waals surface area contributed by atoms with Crippen molar-refractivity contribution in [3.05, 3.63) is 53.9 Å². The van der Waals surface area contributed by atoms with Crippen LogP contribution >= 0.6 is 0 Å². The summed E-state index contributed by atoms with van der Waals surface area (Å²) in [6.07, 6.45) is 1.56. The normalized spacial score (nSPS) is 12.2. The molecule has 0 aliphatic carbocycles. The minimum absolute atomic E-state index is 0.0192. The average molecular weight is 300 g/mol. The number of rotatable bonds is 6. The van der Waals surface area contributed by atoms with Gasteiger partial charge < -0.3 is 15.2 Å². The van der Waals surface area contributed by atoms with Crippen LogP contribution in [-0.4, -0.2) is 24.2 Å². The molecule has 5 nitrogen and oxygen atoms in total. The zero-order valence-electron chi connectivity index (χ0n) is 13.5. The van der Waals surface area contributed by atoms with Gasteiger partial charge in [0.15, 0.2) is 5.96 Å². The van der Waals surface area contributed by atoms with Crippen molar-refractivity contribution < 1.29 is 4.52 Å². The van der Waals surface area contributed by atoms with E-state index in [1.165, 1.54) is 5.56 Å². The molecule has 0 aliphatic heterocycles. The molecule has 0 unspecified atom stereocenters. The van der Waals surface area contributed by atoms with Crippen LogP contribution in [0.5, 0.6) is 0 Å². The molecule has 2 aromatic rings. The van der Waals surface area contributed by atoms with Gasteiger partial charge in [-0.25, -0.2) is 4.99 Å². The second-order valence-electron chi connectivity index (χ2n) is 5.79. The second kappa shape index (κ2) is 7.64. The molecule has 2 N–H and O–H groups in total. The van der Waals surface area contributed by atoms with E-state index >= 15 is 0 Å². The number of hydrogen-bond donors (Lipinski definition) is 2. The largest absolute Gasteiger partial charge is 0.364 e. The van der Waals surface area contributed by atoms with Crippen molar-refractivity contribution in [1.29, 1.82) is 0 Å². The summed E-state index contributed by atoms with van der Waals surface area (Å²) < 4.78 is 4.82. The third-order valence-corrected chi connectivity index (χ3v) is 3.49. The molecule has 1 aromatic carbocycles. The Labute approximate surface area is 131 Å². The van der Waals surface area contributed by atoms with Gasteiger partial charge in [-0.1, -0.05) is 49.3 Å². The quantitative estimate of drug-likeness (QED) is 0.636. The fourth-order valence-electron chi connectivity index (χ4n) is 2.12. The maximum absolute atomic E-state index is 4.82. The summed E-state index contributed by atoms with van der Waals surface area (Å²) >= 11 is 0. The van der Waals surface area contributed by atoms with Crippen molar-refractivity contribution in [2.45, 2.75) is 32.7 Å². The molecule has 0 amide bonds. The monoisotopic (exact) mass is 300 g/mol. The standard InChI is InChI=1S/C17H24N4O/c1-4-18-16(19-12-15-10-11-22-21-15)20-13-17(2,3)14-8-6-5-7-9-14/h5-11H,4,12-13H2,1-3H3,(H2,18,19,20). The summed E-state index contributed by atoms with van der Waals surface area (Å²) in [5.41, 5.74) is 2.14. The lowest BCUT2D eigenvalue weighted by molar-refractivity contribution is 0.412. The Morgan fingerprint density at radius 2 is 1.95 bits per heavy atom. The van der Waals surface area contributed by atoms with Crippen LogP contribution in [0.25, 0.3) is 0 Å². The maximum atomic E-state index is 4.82. The van der Waals surface area contributed by atoms with Gasteiger partial charge in [0.1, 0.15) is 12.0 Å². The van der Waals surface area contributed by atoms with E-state index in [9.17, 15) is 0 Å². The molecule has 5 heteroatoms. The Kier molecular flexibility index (Phi) is 5.58. The topological polar surface area (TPSA) is 62.5 Å². The fourth-order valence-corrected chi connectivity index (χ4v) is 2.12. The number of nitrogens with one attached hydrogen (secondary N) is 2. The molecule has 1 heterocycles. The van der Waals surface area contributed by atoms with E-state index < -0.39 is 0 Å². The molecule has 0 atom stereocenters. The fraction of sp³-hybridized carbons (Fsp3) is 0.412. The van der Waals surface area contributed by atoms with Crippen LogP contribution in [-0.2, 0) is 12.0 Å². The number of guanidine groups is 1. The van der Waals surface area contributed by atoms with Gasteiger partial charge in [0, 0.05) is 24.6 Å². The van der Waals surface area contributed by atoms with Crippen molar-refractivity contribution in [3.8, 4) is 0 Å².